The van der Waals surface area contributed by atoms with Gasteiger partial charge < -0.3 is 19.7 Å². The van der Waals surface area contributed by atoms with Gasteiger partial charge in [0.05, 0.1) is 19.0 Å². The van der Waals surface area contributed by atoms with Gasteiger partial charge in [0, 0.05) is 32.2 Å². The van der Waals surface area contributed by atoms with E-state index in [9.17, 15) is 8.42 Å². The van der Waals surface area contributed by atoms with E-state index in [1.165, 1.54) is 6.33 Å². The van der Waals surface area contributed by atoms with E-state index in [-0.39, 0.29) is 18.9 Å². The van der Waals surface area contributed by atoms with Gasteiger partial charge in [-0.25, -0.2) is 23.1 Å². The highest BCUT2D eigenvalue weighted by Gasteiger charge is 2.13. The number of nitrogens with zero attached hydrogens (tertiary/aromatic N) is 3. The third-order valence-corrected chi connectivity index (χ3v) is 5.45. The first-order valence-corrected chi connectivity index (χ1v) is 10.8. The van der Waals surface area contributed by atoms with Crippen LogP contribution in [-0.2, 0) is 14.8 Å². The molecule has 2 aromatic rings. The maximum atomic E-state index is 12.0. The Labute approximate surface area is 165 Å². The van der Waals surface area contributed by atoms with E-state index in [2.05, 4.69) is 24.9 Å². The number of rotatable bonds is 10. The van der Waals surface area contributed by atoms with Crippen molar-refractivity contribution < 1.29 is 17.9 Å². The number of hydrogen-bond acceptors (Lipinski definition) is 8. The van der Waals surface area contributed by atoms with Crippen molar-refractivity contribution in [2.45, 2.75) is 0 Å². The molecule has 1 aromatic carbocycles. The van der Waals surface area contributed by atoms with Gasteiger partial charge in [0.1, 0.15) is 30.3 Å². The summed E-state index contributed by atoms with van der Waals surface area (Å²) < 4.78 is 37.4. The van der Waals surface area contributed by atoms with Crippen LogP contribution in [0.25, 0.3) is 0 Å². The Morgan fingerprint density at radius 1 is 1.11 bits per heavy atom. The third kappa shape index (κ3) is 6.63. The number of hydrogen-bond donors (Lipinski definition) is 2. The lowest BCUT2D eigenvalue weighted by Gasteiger charge is -2.27. The molecule has 0 unspecified atom stereocenters. The summed E-state index contributed by atoms with van der Waals surface area (Å²) in [6.45, 7) is 3.72. The van der Waals surface area contributed by atoms with Gasteiger partial charge in [-0.15, -0.1) is 0 Å². The second-order valence-corrected chi connectivity index (χ2v) is 8.09. The van der Waals surface area contributed by atoms with E-state index in [1.807, 2.05) is 24.3 Å². The predicted molar refractivity (Wildman–Crippen MR) is 107 cm³/mol. The number of morpholine rings is 1. The summed E-state index contributed by atoms with van der Waals surface area (Å²) in [6.07, 6.45) is 1.50. The molecule has 0 spiro atoms. The lowest BCUT2D eigenvalue weighted by Crippen LogP contribution is -2.36. The van der Waals surface area contributed by atoms with Crippen molar-refractivity contribution in [1.29, 1.82) is 0 Å². The Kier molecular flexibility index (Phi) is 7.40. The van der Waals surface area contributed by atoms with E-state index >= 15 is 0 Å². The van der Waals surface area contributed by atoms with Crippen LogP contribution in [-0.4, -0.2) is 70.1 Å². The molecular weight excluding hydrogens is 382 g/mol. The zero-order valence-corrected chi connectivity index (χ0v) is 16.4. The Hall–Kier alpha value is -2.43. The number of anilines is 2. The van der Waals surface area contributed by atoms with Crippen molar-refractivity contribution in [3.63, 3.8) is 0 Å². The molecule has 1 aliphatic rings. The van der Waals surface area contributed by atoms with Crippen LogP contribution in [0.2, 0.25) is 0 Å². The summed E-state index contributed by atoms with van der Waals surface area (Å²) >= 11 is 0. The van der Waals surface area contributed by atoms with Gasteiger partial charge in [0.2, 0.25) is 10.0 Å². The normalized spacial score (nSPS) is 14.6. The molecule has 1 aliphatic heterocycles. The van der Waals surface area contributed by atoms with Gasteiger partial charge in [-0.1, -0.05) is 18.2 Å². The molecule has 1 aromatic heterocycles. The lowest BCUT2D eigenvalue weighted by atomic mass is 10.3. The first-order chi connectivity index (χ1) is 13.6. The first kappa shape index (κ1) is 20.3. The van der Waals surface area contributed by atoms with Gasteiger partial charge in [0.15, 0.2) is 0 Å². The van der Waals surface area contributed by atoms with Crippen molar-refractivity contribution in [1.82, 2.24) is 14.7 Å². The number of ether oxygens (including phenoxy) is 2. The van der Waals surface area contributed by atoms with Crippen molar-refractivity contribution in [3.8, 4) is 5.75 Å². The molecule has 3 rings (SSSR count). The standard InChI is InChI=1S/C18H25N5O4S/c24-28(25,13-12-27-16-4-2-1-3-5-16)22-7-6-19-17-14-18(21-15-20-17)23-8-10-26-11-9-23/h1-5,14-15,22H,6-13H2,(H,19,20,21). The van der Waals surface area contributed by atoms with Crippen LogP contribution in [0, 0.1) is 0 Å². The van der Waals surface area contributed by atoms with Crippen LogP contribution in [0.5, 0.6) is 5.75 Å². The fourth-order valence-corrected chi connectivity index (χ4v) is 3.52. The van der Waals surface area contributed by atoms with Gasteiger partial charge >= 0.3 is 0 Å². The molecule has 0 aliphatic carbocycles. The Morgan fingerprint density at radius 3 is 2.68 bits per heavy atom. The van der Waals surface area contributed by atoms with E-state index < -0.39 is 10.0 Å². The van der Waals surface area contributed by atoms with Crippen molar-refractivity contribution in [3.05, 3.63) is 42.7 Å². The third-order valence-electron chi connectivity index (χ3n) is 4.10. The molecule has 28 heavy (non-hydrogen) atoms. The van der Waals surface area contributed by atoms with Crippen LogP contribution in [0.4, 0.5) is 11.6 Å². The number of benzene rings is 1. The van der Waals surface area contributed by atoms with E-state index in [0.717, 1.165) is 18.9 Å². The minimum absolute atomic E-state index is 0.0988. The minimum Gasteiger partial charge on any atom is -0.492 e. The smallest absolute Gasteiger partial charge is 0.215 e. The number of sulfonamides is 1. The molecule has 1 saturated heterocycles. The minimum atomic E-state index is -3.40. The highest BCUT2D eigenvalue weighted by atomic mass is 32.2. The molecule has 9 nitrogen and oxygen atoms in total. The zero-order valence-electron chi connectivity index (χ0n) is 15.6. The van der Waals surface area contributed by atoms with Crippen LogP contribution >= 0.6 is 0 Å². The molecule has 0 bridgehead atoms. The van der Waals surface area contributed by atoms with E-state index in [1.54, 1.807) is 12.1 Å². The highest BCUT2D eigenvalue weighted by Crippen LogP contribution is 2.15. The van der Waals surface area contributed by atoms with Gasteiger partial charge in [-0.05, 0) is 12.1 Å². The fourth-order valence-electron chi connectivity index (χ4n) is 2.66. The van der Waals surface area contributed by atoms with Gasteiger partial charge in [-0.2, -0.15) is 0 Å². The summed E-state index contributed by atoms with van der Waals surface area (Å²) in [5.41, 5.74) is 0. The molecule has 1 fully saturated rings. The number of para-hydroxylation sites is 1. The molecule has 0 radical (unpaired) electrons. The second kappa shape index (κ2) is 10.2. The van der Waals surface area contributed by atoms with E-state index in [4.69, 9.17) is 9.47 Å². The highest BCUT2D eigenvalue weighted by molar-refractivity contribution is 7.89. The molecule has 0 saturated carbocycles. The second-order valence-electron chi connectivity index (χ2n) is 6.16. The largest absolute Gasteiger partial charge is 0.492 e. The monoisotopic (exact) mass is 407 g/mol. The van der Waals surface area contributed by atoms with Gasteiger partial charge in [0.25, 0.3) is 0 Å². The molecule has 10 heteroatoms. The van der Waals surface area contributed by atoms with Crippen LogP contribution in [0.1, 0.15) is 0 Å². The first-order valence-electron chi connectivity index (χ1n) is 9.16. The Balaban J connectivity index is 1.37. The molecule has 152 valence electrons. The number of aromatic nitrogens is 2. The van der Waals surface area contributed by atoms with E-state index in [0.29, 0.717) is 31.3 Å². The van der Waals surface area contributed by atoms with Crippen LogP contribution in [0.3, 0.4) is 0 Å². The zero-order chi connectivity index (χ0) is 19.7. The Bertz CT molecular complexity index is 829. The maximum absolute atomic E-state index is 12.0. The van der Waals surface area contributed by atoms with Gasteiger partial charge in [-0.3, -0.25) is 0 Å². The van der Waals surface area contributed by atoms with Crippen LogP contribution < -0.4 is 19.7 Å². The topological polar surface area (TPSA) is 106 Å². The average molecular weight is 407 g/mol. The molecule has 2 N–H and O–H groups in total. The summed E-state index contributed by atoms with van der Waals surface area (Å²) in [7, 11) is -3.40. The lowest BCUT2D eigenvalue weighted by molar-refractivity contribution is 0.122. The maximum Gasteiger partial charge on any atom is 0.215 e. The molecule has 0 amide bonds. The van der Waals surface area contributed by atoms with Crippen molar-refractivity contribution in [2.75, 3.05) is 62.0 Å². The number of nitrogens with one attached hydrogen (secondary N) is 2. The molecule has 0 atom stereocenters. The quantitative estimate of drug-likeness (QED) is 0.555. The SMILES string of the molecule is O=S(=O)(CCOc1ccccc1)NCCNc1cc(N2CCOCC2)ncn1. The summed E-state index contributed by atoms with van der Waals surface area (Å²) in [5, 5.41) is 3.11. The summed E-state index contributed by atoms with van der Waals surface area (Å²) in [5.74, 6) is 2.04. The summed E-state index contributed by atoms with van der Waals surface area (Å²) in [6, 6.07) is 11.0. The van der Waals surface area contributed by atoms with Crippen molar-refractivity contribution in [2.24, 2.45) is 0 Å². The fraction of sp³-hybridized carbons (Fsp3) is 0.444. The molecular formula is C18H25N5O4S. The Morgan fingerprint density at radius 2 is 1.89 bits per heavy atom. The average Bonchev–Trinajstić information content (AvgIpc) is 2.73. The van der Waals surface area contributed by atoms with Crippen molar-refractivity contribution >= 4 is 21.7 Å². The van der Waals surface area contributed by atoms with Crippen LogP contribution in [0.15, 0.2) is 42.7 Å². The predicted octanol–water partition coefficient (Wildman–Crippen LogP) is 0.724. The summed E-state index contributed by atoms with van der Waals surface area (Å²) in [4.78, 5) is 10.6. The molecule has 2 heterocycles.